The van der Waals surface area contributed by atoms with Gasteiger partial charge in [0.15, 0.2) is 11.7 Å². The molecule has 0 heterocycles. The summed E-state index contributed by atoms with van der Waals surface area (Å²) < 4.78 is 0. The molecule has 9 heteroatoms. The average molecular weight is 289 g/mol. The summed E-state index contributed by atoms with van der Waals surface area (Å²) in [5.41, 5.74) is 5.12. The fourth-order valence-electron chi connectivity index (χ4n) is 1.55. The van der Waals surface area contributed by atoms with E-state index >= 15 is 0 Å². The molecule has 0 radical (unpaired) electrons. The lowest BCUT2D eigenvalue weighted by Crippen LogP contribution is -2.51. The van der Waals surface area contributed by atoms with Gasteiger partial charge in [-0.3, -0.25) is 15.0 Å². The lowest BCUT2D eigenvalue weighted by Gasteiger charge is -2.20. The van der Waals surface area contributed by atoms with Crippen molar-refractivity contribution in [2.75, 3.05) is 26.8 Å². The Morgan fingerprint density at radius 1 is 1.30 bits per heavy atom. The Morgan fingerprint density at radius 3 is 2.40 bits per heavy atom. The number of likely N-dealkylation sites (N-methyl/N-ethyl adjacent to an activating group) is 1. The summed E-state index contributed by atoms with van der Waals surface area (Å²) in [5, 5.41) is 32.5. The van der Waals surface area contributed by atoms with Crippen LogP contribution in [-0.2, 0) is 9.59 Å². The first-order chi connectivity index (χ1) is 9.46. The standard InChI is InChI=1S/C11H23N5O4/c1-14-7(3-2-4-15-11(12)13)10(20)16-8(5-17)9(19)6-18/h7-8,14,17-18H,2-6H2,1H3,(H,16,20)(H4,12,13,15)/t7-,8?/m0/s1. The first-order valence-corrected chi connectivity index (χ1v) is 6.26. The molecule has 0 aliphatic carbocycles. The molecule has 0 aliphatic rings. The Hall–Kier alpha value is -1.71. The molecule has 1 amide bonds. The van der Waals surface area contributed by atoms with E-state index in [1.54, 1.807) is 7.05 Å². The molecule has 9 nitrogen and oxygen atoms in total. The van der Waals surface area contributed by atoms with E-state index in [1.807, 2.05) is 0 Å². The number of guanidine groups is 1. The molecule has 0 bridgehead atoms. The molecule has 0 aromatic heterocycles. The first-order valence-electron chi connectivity index (χ1n) is 6.26. The van der Waals surface area contributed by atoms with Crippen LogP contribution >= 0.6 is 0 Å². The molecule has 2 atom stereocenters. The second kappa shape index (κ2) is 10.1. The summed E-state index contributed by atoms with van der Waals surface area (Å²) in [6, 6.07) is -1.64. The summed E-state index contributed by atoms with van der Waals surface area (Å²) in [5.74, 6) is -1.21. The number of rotatable bonds is 10. The maximum Gasteiger partial charge on any atom is 0.237 e. The van der Waals surface area contributed by atoms with Crippen LogP contribution in [-0.4, -0.2) is 66.8 Å². The van der Waals surface area contributed by atoms with Crippen LogP contribution in [0.25, 0.3) is 0 Å². The molecule has 0 saturated carbocycles. The van der Waals surface area contributed by atoms with Gasteiger partial charge in [-0.2, -0.15) is 0 Å². The molecule has 0 spiro atoms. The number of carbonyl (C=O) groups excluding carboxylic acids is 2. The monoisotopic (exact) mass is 289 g/mol. The summed E-state index contributed by atoms with van der Waals surface area (Å²) >= 11 is 0. The summed E-state index contributed by atoms with van der Waals surface area (Å²) in [7, 11) is 1.60. The number of Topliss-reactive ketones (excluding diaryl/α,β-unsaturated/α-hetero) is 1. The molecule has 0 aromatic rings. The Bertz CT molecular complexity index is 337. The SMILES string of the molecule is CN[C@@H](CCCNC(=N)N)C(=O)NC(CO)C(=O)CO. The number of aliphatic hydroxyl groups is 2. The zero-order valence-electron chi connectivity index (χ0n) is 11.5. The van der Waals surface area contributed by atoms with Crippen molar-refractivity contribution < 1.29 is 19.8 Å². The predicted octanol–water partition coefficient (Wildman–Crippen LogP) is -3.12. The quantitative estimate of drug-likeness (QED) is 0.127. The van der Waals surface area contributed by atoms with Crippen molar-refractivity contribution in [1.82, 2.24) is 16.0 Å². The third kappa shape index (κ3) is 7.02. The van der Waals surface area contributed by atoms with Crippen LogP contribution in [0.15, 0.2) is 0 Å². The highest BCUT2D eigenvalue weighted by atomic mass is 16.3. The molecule has 20 heavy (non-hydrogen) atoms. The van der Waals surface area contributed by atoms with Crippen molar-refractivity contribution in [2.24, 2.45) is 5.73 Å². The van der Waals surface area contributed by atoms with Gasteiger partial charge in [-0.25, -0.2) is 0 Å². The molecule has 1 unspecified atom stereocenters. The van der Waals surface area contributed by atoms with Gasteiger partial charge < -0.3 is 31.9 Å². The van der Waals surface area contributed by atoms with Gasteiger partial charge in [0.25, 0.3) is 0 Å². The molecular weight excluding hydrogens is 266 g/mol. The topological polar surface area (TPSA) is 161 Å². The summed E-state index contributed by atoms with van der Waals surface area (Å²) in [6.45, 7) is -0.842. The van der Waals surface area contributed by atoms with Crippen LogP contribution in [0.4, 0.5) is 0 Å². The summed E-state index contributed by atoms with van der Waals surface area (Å²) in [4.78, 5) is 23.1. The number of nitrogens with one attached hydrogen (secondary N) is 4. The highest BCUT2D eigenvalue weighted by Gasteiger charge is 2.23. The number of amides is 1. The molecule has 0 aromatic carbocycles. The molecule has 0 aliphatic heterocycles. The smallest absolute Gasteiger partial charge is 0.237 e. The third-order valence-electron chi connectivity index (χ3n) is 2.69. The second-order valence-electron chi connectivity index (χ2n) is 4.19. The Kier molecular flexibility index (Phi) is 9.26. The van der Waals surface area contributed by atoms with E-state index in [0.29, 0.717) is 19.4 Å². The molecular formula is C11H23N5O4. The minimum Gasteiger partial charge on any atom is -0.394 e. The minimum atomic E-state index is -1.10. The summed E-state index contributed by atoms with van der Waals surface area (Å²) in [6.07, 6.45) is 1.06. The van der Waals surface area contributed by atoms with Gasteiger partial charge in [-0.05, 0) is 19.9 Å². The third-order valence-corrected chi connectivity index (χ3v) is 2.69. The molecule has 0 fully saturated rings. The Balaban J connectivity index is 4.25. The fraction of sp³-hybridized carbons (Fsp3) is 0.727. The van der Waals surface area contributed by atoms with Gasteiger partial charge in [-0.1, -0.05) is 0 Å². The van der Waals surface area contributed by atoms with E-state index in [9.17, 15) is 9.59 Å². The van der Waals surface area contributed by atoms with E-state index in [2.05, 4.69) is 16.0 Å². The van der Waals surface area contributed by atoms with Crippen molar-refractivity contribution in [2.45, 2.75) is 24.9 Å². The van der Waals surface area contributed by atoms with Crippen LogP contribution in [0.3, 0.4) is 0 Å². The van der Waals surface area contributed by atoms with Crippen molar-refractivity contribution in [3.05, 3.63) is 0 Å². The minimum absolute atomic E-state index is 0.135. The molecule has 116 valence electrons. The second-order valence-corrected chi connectivity index (χ2v) is 4.19. The number of hydrogen-bond acceptors (Lipinski definition) is 6. The van der Waals surface area contributed by atoms with Crippen molar-refractivity contribution in [3.8, 4) is 0 Å². The van der Waals surface area contributed by atoms with Crippen molar-refractivity contribution >= 4 is 17.6 Å². The average Bonchev–Trinajstić information content (AvgIpc) is 2.43. The first kappa shape index (κ1) is 18.3. The maximum atomic E-state index is 11.9. The highest BCUT2D eigenvalue weighted by Crippen LogP contribution is 1.98. The normalized spacial score (nSPS) is 13.3. The zero-order chi connectivity index (χ0) is 15.5. The maximum absolute atomic E-state index is 11.9. The Labute approximate surface area is 117 Å². The van der Waals surface area contributed by atoms with E-state index in [4.69, 9.17) is 21.4 Å². The van der Waals surface area contributed by atoms with Crippen LogP contribution in [0.2, 0.25) is 0 Å². The van der Waals surface area contributed by atoms with E-state index in [-0.39, 0.29) is 5.96 Å². The highest BCUT2D eigenvalue weighted by molar-refractivity contribution is 5.91. The molecule has 0 rings (SSSR count). The van der Waals surface area contributed by atoms with Crippen LogP contribution in [0.1, 0.15) is 12.8 Å². The van der Waals surface area contributed by atoms with E-state index in [0.717, 1.165) is 0 Å². The van der Waals surface area contributed by atoms with Gasteiger partial charge in [0.2, 0.25) is 5.91 Å². The lowest BCUT2D eigenvalue weighted by molar-refractivity contribution is -0.131. The number of carbonyl (C=O) groups is 2. The van der Waals surface area contributed by atoms with E-state index in [1.165, 1.54) is 0 Å². The van der Waals surface area contributed by atoms with Crippen molar-refractivity contribution in [1.29, 1.82) is 5.41 Å². The number of ketones is 1. The fourth-order valence-corrected chi connectivity index (χ4v) is 1.55. The number of nitrogens with two attached hydrogens (primary N) is 1. The van der Waals surface area contributed by atoms with Crippen LogP contribution < -0.4 is 21.7 Å². The van der Waals surface area contributed by atoms with Gasteiger partial charge in [0.05, 0.1) is 12.6 Å². The molecule has 8 N–H and O–H groups in total. The largest absolute Gasteiger partial charge is 0.394 e. The van der Waals surface area contributed by atoms with Gasteiger partial charge in [0.1, 0.15) is 12.6 Å². The van der Waals surface area contributed by atoms with Crippen LogP contribution in [0, 0.1) is 5.41 Å². The number of aliphatic hydroxyl groups excluding tert-OH is 2. The molecule has 0 saturated heterocycles. The van der Waals surface area contributed by atoms with Gasteiger partial charge in [0, 0.05) is 6.54 Å². The lowest BCUT2D eigenvalue weighted by atomic mass is 10.1. The predicted molar refractivity (Wildman–Crippen MR) is 73.1 cm³/mol. The van der Waals surface area contributed by atoms with Gasteiger partial charge >= 0.3 is 0 Å². The van der Waals surface area contributed by atoms with Crippen LogP contribution in [0.5, 0.6) is 0 Å². The zero-order valence-corrected chi connectivity index (χ0v) is 11.5. The van der Waals surface area contributed by atoms with E-state index < -0.39 is 37.0 Å². The van der Waals surface area contributed by atoms with Crippen molar-refractivity contribution in [3.63, 3.8) is 0 Å². The number of hydrogen-bond donors (Lipinski definition) is 7. The Morgan fingerprint density at radius 2 is 1.95 bits per heavy atom. The van der Waals surface area contributed by atoms with Gasteiger partial charge in [-0.15, -0.1) is 0 Å².